The molecule has 0 spiro atoms. The molecule has 1 aliphatic heterocycles. The molecule has 0 bridgehead atoms. The zero-order valence-electron chi connectivity index (χ0n) is 15.4. The minimum atomic E-state index is -0.469. The van der Waals surface area contributed by atoms with Crippen molar-refractivity contribution in [1.82, 2.24) is 9.80 Å². The molecule has 0 aliphatic carbocycles. The maximum atomic E-state index is 12.5. The first-order valence-corrected chi connectivity index (χ1v) is 9.07. The second-order valence-corrected chi connectivity index (χ2v) is 6.66. The Labute approximate surface area is 163 Å². The lowest BCUT2D eigenvalue weighted by Crippen LogP contribution is -2.38. The van der Waals surface area contributed by atoms with Gasteiger partial charge in [0.05, 0.1) is 16.6 Å². The zero-order chi connectivity index (χ0) is 19.9. The second-order valence-electron chi connectivity index (χ2n) is 6.66. The predicted octanol–water partition coefficient (Wildman–Crippen LogP) is 3.21. The van der Waals surface area contributed by atoms with Gasteiger partial charge in [0.25, 0.3) is 5.69 Å². The molecule has 0 atom stereocenters. The Kier molecular flexibility index (Phi) is 6.19. The number of non-ortho nitro benzene ring substituents is 1. The van der Waals surface area contributed by atoms with Gasteiger partial charge in [0.2, 0.25) is 0 Å². The Hall–Kier alpha value is -3.44. The van der Waals surface area contributed by atoms with Gasteiger partial charge in [-0.1, -0.05) is 12.1 Å². The number of anilines is 1. The summed E-state index contributed by atoms with van der Waals surface area (Å²) in [6.45, 7) is 3.69. The van der Waals surface area contributed by atoms with E-state index in [0.29, 0.717) is 24.3 Å². The summed E-state index contributed by atoms with van der Waals surface area (Å²) in [6, 6.07) is 15.3. The number of hydrogen-bond donors (Lipinski definition) is 1. The van der Waals surface area contributed by atoms with Crippen LogP contribution in [0.3, 0.4) is 0 Å². The molecule has 28 heavy (non-hydrogen) atoms. The topological polar surface area (TPSA) is 103 Å². The highest BCUT2D eigenvalue weighted by atomic mass is 16.6. The number of benzene rings is 2. The van der Waals surface area contributed by atoms with Gasteiger partial charge in [0, 0.05) is 50.5 Å². The van der Waals surface area contributed by atoms with Crippen LogP contribution in [0.15, 0.2) is 48.5 Å². The summed E-state index contributed by atoms with van der Waals surface area (Å²) in [5.74, 6) is 0. The summed E-state index contributed by atoms with van der Waals surface area (Å²) in [6.07, 6.45) is 0.865. The molecule has 2 aromatic carbocycles. The maximum absolute atomic E-state index is 12.5. The summed E-state index contributed by atoms with van der Waals surface area (Å²) >= 11 is 0. The van der Waals surface area contributed by atoms with E-state index < -0.39 is 4.92 Å². The van der Waals surface area contributed by atoms with E-state index >= 15 is 0 Å². The van der Waals surface area contributed by atoms with Gasteiger partial charge in [-0.05, 0) is 36.2 Å². The van der Waals surface area contributed by atoms with Gasteiger partial charge in [0.15, 0.2) is 0 Å². The van der Waals surface area contributed by atoms with Crippen LogP contribution in [0.1, 0.15) is 17.5 Å². The lowest BCUT2D eigenvalue weighted by atomic mass is 10.1. The van der Waals surface area contributed by atoms with Crippen LogP contribution in [0, 0.1) is 21.4 Å². The summed E-state index contributed by atoms with van der Waals surface area (Å²) in [4.78, 5) is 26.8. The molecule has 8 nitrogen and oxygen atoms in total. The van der Waals surface area contributed by atoms with Gasteiger partial charge >= 0.3 is 6.03 Å². The quantitative estimate of drug-likeness (QED) is 0.649. The third-order valence-electron chi connectivity index (χ3n) is 4.69. The molecule has 0 aromatic heterocycles. The molecule has 1 N–H and O–H groups in total. The van der Waals surface area contributed by atoms with Crippen molar-refractivity contribution in [3.8, 4) is 6.07 Å². The second kappa shape index (κ2) is 8.97. The number of rotatable bonds is 4. The van der Waals surface area contributed by atoms with Crippen molar-refractivity contribution in [1.29, 1.82) is 5.26 Å². The van der Waals surface area contributed by atoms with E-state index in [9.17, 15) is 14.9 Å². The maximum Gasteiger partial charge on any atom is 0.321 e. The monoisotopic (exact) mass is 379 g/mol. The van der Waals surface area contributed by atoms with Crippen LogP contribution >= 0.6 is 0 Å². The Balaban J connectivity index is 1.53. The van der Waals surface area contributed by atoms with Gasteiger partial charge in [-0.2, -0.15) is 5.26 Å². The number of amides is 2. The molecule has 1 fully saturated rings. The van der Waals surface area contributed by atoms with Crippen LogP contribution in [-0.4, -0.2) is 46.9 Å². The number of nitro groups is 1. The first kappa shape index (κ1) is 19.3. The number of nitrogens with zero attached hydrogens (tertiary/aromatic N) is 4. The third kappa shape index (κ3) is 5.05. The normalized spacial score (nSPS) is 14.8. The van der Waals surface area contributed by atoms with Crippen molar-refractivity contribution in [3.05, 3.63) is 69.8 Å². The lowest BCUT2D eigenvalue weighted by molar-refractivity contribution is -0.384. The van der Waals surface area contributed by atoms with Crippen molar-refractivity contribution in [2.24, 2.45) is 0 Å². The summed E-state index contributed by atoms with van der Waals surface area (Å²) in [5, 5.41) is 22.4. The average molecular weight is 379 g/mol. The SMILES string of the molecule is N#Cc1ccc(CN2CCCN(C(=O)Nc3ccc([N+](=O)[O-])cc3)CC2)cc1. The van der Waals surface area contributed by atoms with E-state index in [0.717, 1.165) is 31.6 Å². The van der Waals surface area contributed by atoms with Crippen LogP contribution < -0.4 is 5.32 Å². The molecular weight excluding hydrogens is 358 g/mol. The van der Waals surface area contributed by atoms with Gasteiger partial charge in [-0.25, -0.2) is 4.79 Å². The Morgan fingerprint density at radius 1 is 1.07 bits per heavy atom. The number of carbonyl (C=O) groups excluding carboxylic acids is 1. The Morgan fingerprint density at radius 2 is 1.79 bits per heavy atom. The Bertz CT molecular complexity index is 874. The van der Waals surface area contributed by atoms with E-state index in [2.05, 4.69) is 16.3 Å². The van der Waals surface area contributed by atoms with E-state index in [1.165, 1.54) is 24.3 Å². The molecule has 0 radical (unpaired) electrons. The zero-order valence-corrected chi connectivity index (χ0v) is 15.4. The van der Waals surface area contributed by atoms with E-state index in [1.54, 1.807) is 4.90 Å². The smallest absolute Gasteiger partial charge is 0.321 e. The van der Waals surface area contributed by atoms with Crippen LogP contribution in [0.5, 0.6) is 0 Å². The molecule has 1 heterocycles. The van der Waals surface area contributed by atoms with Crippen LogP contribution in [0.2, 0.25) is 0 Å². The number of nitro benzene ring substituents is 1. The first-order chi connectivity index (χ1) is 13.5. The van der Waals surface area contributed by atoms with E-state index in [-0.39, 0.29) is 11.7 Å². The van der Waals surface area contributed by atoms with Gasteiger partial charge < -0.3 is 10.2 Å². The largest absolute Gasteiger partial charge is 0.323 e. The van der Waals surface area contributed by atoms with Crippen LogP contribution in [0.25, 0.3) is 0 Å². The van der Waals surface area contributed by atoms with E-state index in [4.69, 9.17) is 5.26 Å². The fourth-order valence-electron chi connectivity index (χ4n) is 3.14. The highest BCUT2D eigenvalue weighted by molar-refractivity contribution is 5.89. The number of hydrogen-bond acceptors (Lipinski definition) is 5. The molecule has 8 heteroatoms. The number of nitriles is 1. The van der Waals surface area contributed by atoms with Crippen LogP contribution in [0.4, 0.5) is 16.2 Å². The molecule has 0 unspecified atom stereocenters. The number of urea groups is 1. The molecule has 144 valence electrons. The number of carbonyl (C=O) groups is 1. The van der Waals surface area contributed by atoms with Crippen molar-refractivity contribution in [3.63, 3.8) is 0 Å². The van der Waals surface area contributed by atoms with Gasteiger partial charge in [0.1, 0.15) is 0 Å². The predicted molar refractivity (Wildman–Crippen MR) is 105 cm³/mol. The van der Waals surface area contributed by atoms with Crippen LogP contribution in [-0.2, 0) is 6.54 Å². The molecule has 2 aromatic rings. The Morgan fingerprint density at radius 3 is 2.43 bits per heavy atom. The first-order valence-electron chi connectivity index (χ1n) is 9.07. The third-order valence-corrected chi connectivity index (χ3v) is 4.69. The average Bonchev–Trinajstić information content (AvgIpc) is 2.94. The van der Waals surface area contributed by atoms with Gasteiger partial charge in [-0.3, -0.25) is 15.0 Å². The highest BCUT2D eigenvalue weighted by Crippen LogP contribution is 2.16. The molecule has 0 saturated carbocycles. The van der Waals surface area contributed by atoms with Crippen molar-refractivity contribution < 1.29 is 9.72 Å². The highest BCUT2D eigenvalue weighted by Gasteiger charge is 2.19. The summed E-state index contributed by atoms with van der Waals surface area (Å²) < 4.78 is 0. The minimum Gasteiger partial charge on any atom is -0.323 e. The molecular formula is C20H21N5O3. The van der Waals surface area contributed by atoms with Crippen molar-refractivity contribution >= 4 is 17.4 Å². The standard InChI is InChI=1S/C20H21N5O3/c21-14-16-2-4-17(5-3-16)15-23-10-1-11-24(13-12-23)20(26)22-18-6-8-19(9-7-18)25(27)28/h2-9H,1,10-13,15H2,(H,22,26). The lowest BCUT2D eigenvalue weighted by Gasteiger charge is -2.22. The molecule has 3 rings (SSSR count). The number of nitrogens with one attached hydrogen (secondary N) is 1. The summed E-state index contributed by atoms with van der Waals surface area (Å²) in [7, 11) is 0. The molecule has 2 amide bonds. The summed E-state index contributed by atoms with van der Waals surface area (Å²) in [5.41, 5.74) is 2.32. The minimum absolute atomic E-state index is 0.00813. The fraction of sp³-hybridized carbons (Fsp3) is 0.300. The van der Waals surface area contributed by atoms with Gasteiger partial charge in [-0.15, -0.1) is 0 Å². The van der Waals surface area contributed by atoms with Crippen molar-refractivity contribution in [2.75, 3.05) is 31.5 Å². The van der Waals surface area contributed by atoms with Crippen molar-refractivity contribution in [2.45, 2.75) is 13.0 Å². The fourth-order valence-corrected chi connectivity index (χ4v) is 3.14. The molecule has 1 aliphatic rings. The van der Waals surface area contributed by atoms with E-state index in [1.807, 2.05) is 24.3 Å². The molecule has 1 saturated heterocycles.